The topological polar surface area (TPSA) is 28.0 Å². The van der Waals surface area contributed by atoms with E-state index in [1.54, 1.807) is 0 Å². The third-order valence-corrected chi connectivity index (χ3v) is 3.34. The van der Waals surface area contributed by atoms with Crippen LogP contribution in [0.25, 0.3) is 5.57 Å². The van der Waals surface area contributed by atoms with Gasteiger partial charge in [0.1, 0.15) is 0 Å². The Morgan fingerprint density at radius 2 is 1.86 bits per heavy atom. The first-order valence-electron chi connectivity index (χ1n) is 7.42. The number of hydrogen-bond donors (Lipinski definition) is 0. The monoisotopic (exact) mass is 283 g/mol. The number of nitrogens with zero attached hydrogens (tertiary/aromatic N) is 3. The molecule has 1 aromatic rings. The Morgan fingerprint density at radius 1 is 1.14 bits per heavy atom. The summed E-state index contributed by atoms with van der Waals surface area (Å²) in [6.45, 7) is 6.83. The van der Waals surface area contributed by atoms with Crippen molar-refractivity contribution in [1.29, 1.82) is 0 Å². The Balaban J connectivity index is 2.30. The Bertz CT molecular complexity index is 587. The molecule has 0 bridgehead atoms. The average molecular weight is 283 g/mol. The van der Waals surface area contributed by atoms with E-state index in [2.05, 4.69) is 86.4 Å². The lowest BCUT2D eigenvalue weighted by Crippen LogP contribution is -2.10. The summed E-state index contributed by atoms with van der Waals surface area (Å²) in [5.74, 6) is 0. The highest BCUT2D eigenvalue weighted by atomic mass is 15.1. The molecule has 1 aliphatic carbocycles. The fourth-order valence-corrected chi connectivity index (χ4v) is 2.44. The number of likely N-dealkylation sites (N-methyl/N-ethyl adjacent to an activating group) is 1. The summed E-state index contributed by atoms with van der Waals surface area (Å²) in [5, 5.41) is 8.74. The van der Waals surface area contributed by atoms with E-state index < -0.39 is 0 Å². The van der Waals surface area contributed by atoms with Gasteiger partial charge in [-0.15, -0.1) is 0 Å². The molecule has 0 saturated carbocycles. The van der Waals surface area contributed by atoms with Crippen molar-refractivity contribution in [3.05, 3.63) is 53.2 Å². The highest BCUT2D eigenvalue weighted by molar-refractivity contribution is 5.76. The summed E-state index contributed by atoms with van der Waals surface area (Å²) in [5.41, 5.74) is 5.08. The lowest BCUT2D eigenvalue weighted by molar-refractivity contribution is 0.533. The molecule has 0 fully saturated rings. The molecular weight excluding hydrogens is 258 g/mol. The minimum Gasteiger partial charge on any atom is -0.377 e. The van der Waals surface area contributed by atoms with Crippen LogP contribution in [0.15, 0.2) is 52.3 Å². The van der Waals surface area contributed by atoms with Gasteiger partial charge in [0.05, 0.1) is 12.1 Å². The summed E-state index contributed by atoms with van der Waals surface area (Å²) in [6, 6.07) is 8.51. The molecule has 0 N–H and O–H groups in total. The zero-order valence-corrected chi connectivity index (χ0v) is 13.7. The lowest BCUT2D eigenvalue weighted by Gasteiger charge is -2.17. The summed E-state index contributed by atoms with van der Waals surface area (Å²) in [6.07, 6.45) is 5.40. The van der Waals surface area contributed by atoms with Crippen molar-refractivity contribution in [3.63, 3.8) is 0 Å². The van der Waals surface area contributed by atoms with Crippen molar-refractivity contribution in [2.45, 2.75) is 39.3 Å². The van der Waals surface area contributed by atoms with Crippen LogP contribution in [0.5, 0.6) is 0 Å². The standard InChI is InChI=1S/C18H25N3/c1-18(2,3)20-19-13-14-9-6-7-10-15(14)16-11-8-12-17(16)21(4)5/h6-10,12H,11,13H2,1-5H3. The molecule has 0 radical (unpaired) electrons. The largest absolute Gasteiger partial charge is 0.377 e. The molecular formula is C18H25N3. The van der Waals surface area contributed by atoms with Gasteiger partial charge in [0.25, 0.3) is 0 Å². The molecule has 0 heterocycles. The van der Waals surface area contributed by atoms with E-state index in [-0.39, 0.29) is 5.54 Å². The number of azo groups is 1. The van der Waals surface area contributed by atoms with E-state index in [0.717, 1.165) is 6.42 Å². The summed E-state index contributed by atoms with van der Waals surface area (Å²) in [4.78, 5) is 2.17. The van der Waals surface area contributed by atoms with Crippen LogP contribution in [0.4, 0.5) is 0 Å². The van der Waals surface area contributed by atoms with Crippen LogP contribution >= 0.6 is 0 Å². The SMILES string of the molecule is CN(C)C1=C(c2ccccc2CN=NC(C)(C)C)CC=C1. The van der Waals surface area contributed by atoms with Gasteiger partial charge >= 0.3 is 0 Å². The zero-order chi connectivity index (χ0) is 15.5. The second-order valence-electron chi connectivity index (χ2n) is 6.59. The maximum Gasteiger partial charge on any atom is 0.0855 e. The van der Waals surface area contributed by atoms with E-state index >= 15 is 0 Å². The van der Waals surface area contributed by atoms with Crippen molar-refractivity contribution in [1.82, 2.24) is 4.90 Å². The number of allylic oxidation sites excluding steroid dienone is 3. The summed E-state index contributed by atoms with van der Waals surface area (Å²) in [7, 11) is 4.18. The molecule has 0 aliphatic heterocycles. The minimum atomic E-state index is -0.113. The summed E-state index contributed by atoms with van der Waals surface area (Å²) >= 11 is 0. The highest BCUT2D eigenvalue weighted by Crippen LogP contribution is 2.32. The van der Waals surface area contributed by atoms with Gasteiger partial charge in [-0.1, -0.05) is 30.3 Å². The van der Waals surface area contributed by atoms with Gasteiger partial charge in [-0.25, -0.2) is 0 Å². The fraction of sp³-hybridized carbons (Fsp3) is 0.444. The minimum absolute atomic E-state index is 0.113. The molecule has 0 aromatic heterocycles. The van der Waals surface area contributed by atoms with Crippen molar-refractivity contribution in [3.8, 4) is 0 Å². The Hall–Kier alpha value is -1.90. The quantitative estimate of drug-likeness (QED) is 0.738. The second-order valence-corrected chi connectivity index (χ2v) is 6.59. The molecule has 3 nitrogen and oxygen atoms in total. The maximum absolute atomic E-state index is 4.38. The van der Waals surface area contributed by atoms with Crippen molar-refractivity contribution >= 4 is 5.57 Å². The zero-order valence-electron chi connectivity index (χ0n) is 13.7. The summed E-state index contributed by atoms with van der Waals surface area (Å²) < 4.78 is 0. The normalized spacial score (nSPS) is 15.3. The smallest absolute Gasteiger partial charge is 0.0855 e. The molecule has 2 rings (SSSR count). The van der Waals surface area contributed by atoms with E-state index in [9.17, 15) is 0 Å². The van der Waals surface area contributed by atoms with Gasteiger partial charge in [0.2, 0.25) is 0 Å². The van der Waals surface area contributed by atoms with Crippen molar-refractivity contribution in [2.75, 3.05) is 14.1 Å². The van der Waals surface area contributed by atoms with Crippen LogP contribution in [0, 0.1) is 0 Å². The Morgan fingerprint density at radius 3 is 2.52 bits per heavy atom. The molecule has 1 aromatic carbocycles. The number of hydrogen-bond acceptors (Lipinski definition) is 3. The number of rotatable bonds is 4. The van der Waals surface area contributed by atoms with Crippen LogP contribution in [0.3, 0.4) is 0 Å². The molecule has 0 spiro atoms. The van der Waals surface area contributed by atoms with Gasteiger partial charge in [-0.2, -0.15) is 10.2 Å². The Kier molecular flexibility index (Phi) is 4.61. The average Bonchev–Trinajstić information content (AvgIpc) is 2.87. The van der Waals surface area contributed by atoms with Crippen LogP contribution in [0.2, 0.25) is 0 Å². The van der Waals surface area contributed by atoms with Gasteiger partial charge in [0, 0.05) is 19.8 Å². The van der Waals surface area contributed by atoms with Gasteiger partial charge in [-0.3, -0.25) is 0 Å². The van der Waals surface area contributed by atoms with E-state index in [4.69, 9.17) is 0 Å². The predicted octanol–water partition coefficient (Wildman–Crippen LogP) is 4.67. The third kappa shape index (κ3) is 4.03. The molecule has 21 heavy (non-hydrogen) atoms. The molecule has 0 saturated heterocycles. The van der Waals surface area contributed by atoms with Crippen LogP contribution in [-0.2, 0) is 6.54 Å². The third-order valence-electron chi connectivity index (χ3n) is 3.34. The first kappa shape index (κ1) is 15.5. The number of benzene rings is 1. The van der Waals surface area contributed by atoms with E-state index in [1.807, 2.05) is 0 Å². The molecule has 0 unspecified atom stereocenters. The molecule has 1 aliphatic rings. The van der Waals surface area contributed by atoms with Gasteiger partial charge < -0.3 is 4.90 Å². The second kappa shape index (κ2) is 6.25. The first-order valence-corrected chi connectivity index (χ1v) is 7.42. The van der Waals surface area contributed by atoms with E-state index in [1.165, 1.54) is 22.4 Å². The first-order chi connectivity index (χ1) is 9.88. The molecule has 0 atom stereocenters. The predicted molar refractivity (Wildman–Crippen MR) is 89.1 cm³/mol. The van der Waals surface area contributed by atoms with Crippen LogP contribution in [-0.4, -0.2) is 24.5 Å². The molecule has 3 heteroatoms. The van der Waals surface area contributed by atoms with Crippen molar-refractivity contribution in [2.24, 2.45) is 10.2 Å². The van der Waals surface area contributed by atoms with Crippen LogP contribution in [0.1, 0.15) is 38.3 Å². The van der Waals surface area contributed by atoms with Gasteiger partial charge in [0.15, 0.2) is 0 Å². The highest BCUT2D eigenvalue weighted by Gasteiger charge is 2.15. The van der Waals surface area contributed by atoms with E-state index in [0.29, 0.717) is 6.54 Å². The fourth-order valence-electron chi connectivity index (χ4n) is 2.44. The van der Waals surface area contributed by atoms with Crippen molar-refractivity contribution < 1.29 is 0 Å². The van der Waals surface area contributed by atoms with Crippen LogP contribution < -0.4 is 0 Å². The maximum atomic E-state index is 4.38. The van der Waals surface area contributed by atoms with Gasteiger partial charge in [-0.05, 0) is 50.0 Å². The molecule has 0 amide bonds. The Labute approximate surface area is 128 Å². The molecule has 112 valence electrons. The lowest BCUT2D eigenvalue weighted by atomic mass is 9.98.